The SMILES string of the molecule is CC1(C)c2ccccc2-c2ccc(N(c3ccc(-c4cc5ccc6ccccc6c5c5ccccc45)cc3)c3cccc(-c4ccc5ccccc5c4)c3)cc21. The Balaban J connectivity index is 1.06. The maximum Gasteiger partial charge on any atom is 0.0467 e. The summed E-state index contributed by atoms with van der Waals surface area (Å²) in [6, 6.07) is 74.0. The highest BCUT2D eigenvalue weighted by molar-refractivity contribution is 6.23. The van der Waals surface area contributed by atoms with E-state index in [9.17, 15) is 0 Å². The third-order valence-electron chi connectivity index (χ3n) is 12.2. The molecule has 11 rings (SSSR count). The fourth-order valence-electron chi connectivity index (χ4n) is 9.38. The molecule has 1 aliphatic rings. The molecule has 0 aromatic heterocycles. The Morgan fingerprint density at radius 2 is 0.929 bits per heavy atom. The molecule has 0 aliphatic heterocycles. The number of benzene rings is 10. The van der Waals surface area contributed by atoms with Crippen LogP contribution in [-0.4, -0.2) is 0 Å². The van der Waals surface area contributed by atoms with E-state index in [0.717, 1.165) is 17.1 Å². The molecule has 1 aliphatic carbocycles. The summed E-state index contributed by atoms with van der Waals surface area (Å²) in [4.78, 5) is 2.43. The summed E-state index contributed by atoms with van der Waals surface area (Å²) >= 11 is 0. The minimum Gasteiger partial charge on any atom is -0.310 e. The molecule has 0 fully saturated rings. The fourth-order valence-corrected chi connectivity index (χ4v) is 9.38. The maximum absolute atomic E-state index is 2.43. The van der Waals surface area contributed by atoms with E-state index >= 15 is 0 Å². The van der Waals surface area contributed by atoms with Gasteiger partial charge in [0.25, 0.3) is 0 Å². The van der Waals surface area contributed by atoms with Gasteiger partial charge in [-0.2, -0.15) is 0 Å². The molecule has 0 heterocycles. The molecular weight excluding hydrogens is 675 g/mol. The third kappa shape index (κ3) is 5.08. The van der Waals surface area contributed by atoms with Crippen molar-refractivity contribution in [2.75, 3.05) is 4.90 Å². The summed E-state index contributed by atoms with van der Waals surface area (Å²) in [5.41, 5.74) is 13.6. The number of hydrogen-bond donors (Lipinski definition) is 0. The lowest BCUT2D eigenvalue weighted by Gasteiger charge is -2.28. The van der Waals surface area contributed by atoms with Gasteiger partial charge in [-0.25, -0.2) is 0 Å². The predicted molar refractivity (Wildman–Crippen MR) is 240 cm³/mol. The van der Waals surface area contributed by atoms with Crippen LogP contribution in [0.2, 0.25) is 0 Å². The van der Waals surface area contributed by atoms with Crippen molar-refractivity contribution in [3.63, 3.8) is 0 Å². The highest BCUT2D eigenvalue weighted by Crippen LogP contribution is 2.51. The Labute approximate surface area is 327 Å². The van der Waals surface area contributed by atoms with Crippen LogP contribution in [0.3, 0.4) is 0 Å². The zero-order valence-corrected chi connectivity index (χ0v) is 31.5. The zero-order chi connectivity index (χ0) is 37.4. The molecule has 0 bridgehead atoms. The van der Waals surface area contributed by atoms with Crippen LogP contribution in [0.4, 0.5) is 17.1 Å². The lowest BCUT2D eigenvalue weighted by molar-refractivity contribution is 0.660. The molecular formula is C55H39N. The number of fused-ring (bicyclic) bond motifs is 9. The number of nitrogens with zero attached hydrogens (tertiary/aromatic N) is 1. The van der Waals surface area contributed by atoms with Crippen LogP contribution in [-0.2, 0) is 5.41 Å². The first-order valence-electron chi connectivity index (χ1n) is 19.6. The van der Waals surface area contributed by atoms with Crippen LogP contribution < -0.4 is 4.90 Å². The van der Waals surface area contributed by atoms with E-state index in [1.807, 2.05) is 0 Å². The summed E-state index contributed by atoms with van der Waals surface area (Å²) in [7, 11) is 0. The Bertz CT molecular complexity index is 3170. The average molecular weight is 714 g/mol. The summed E-state index contributed by atoms with van der Waals surface area (Å²) in [5, 5.41) is 10.2. The first-order chi connectivity index (χ1) is 27.5. The third-order valence-corrected chi connectivity index (χ3v) is 12.2. The standard InChI is InChI=1S/C55H39N/c1-55(2)52-21-10-9-19-48(52)49-31-30-45(35-53(49)55)56(44-16-11-15-40(33-44)41-24-22-36-12-3-4-14-39(36)32-41)43-28-26-38(27-29-43)51-34-42-25-23-37-13-5-6-17-46(37)54(42)50-20-8-7-18-47(50)51/h3-35H,1-2H3. The first kappa shape index (κ1) is 32.5. The predicted octanol–water partition coefficient (Wildman–Crippen LogP) is 15.4. The van der Waals surface area contributed by atoms with E-state index in [-0.39, 0.29) is 5.41 Å². The summed E-state index contributed by atoms with van der Waals surface area (Å²) < 4.78 is 0. The van der Waals surface area contributed by atoms with E-state index < -0.39 is 0 Å². The van der Waals surface area contributed by atoms with Crippen LogP contribution in [0.15, 0.2) is 200 Å². The van der Waals surface area contributed by atoms with Crippen molar-refractivity contribution < 1.29 is 0 Å². The monoisotopic (exact) mass is 713 g/mol. The van der Waals surface area contributed by atoms with E-state index in [0.29, 0.717) is 0 Å². The molecule has 10 aromatic carbocycles. The second kappa shape index (κ2) is 12.5. The van der Waals surface area contributed by atoms with E-state index in [2.05, 4.69) is 219 Å². The van der Waals surface area contributed by atoms with Crippen molar-refractivity contribution in [1.29, 1.82) is 0 Å². The summed E-state index contributed by atoms with van der Waals surface area (Å²) in [6.07, 6.45) is 0. The normalized spacial score (nSPS) is 13.0. The Morgan fingerprint density at radius 3 is 1.79 bits per heavy atom. The van der Waals surface area contributed by atoms with Crippen LogP contribution in [0.1, 0.15) is 25.0 Å². The van der Waals surface area contributed by atoms with Crippen LogP contribution >= 0.6 is 0 Å². The lowest BCUT2D eigenvalue weighted by atomic mass is 9.82. The number of rotatable bonds is 5. The lowest BCUT2D eigenvalue weighted by Crippen LogP contribution is -2.16. The Kier molecular flexibility index (Phi) is 7.28. The molecule has 0 saturated carbocycles. The van der Waals surface area contributed by atoms with Crippen molar-refractivity contribution in [3.8, 4) is 33.4 Å². The molecule has 0 spiro atoms. The average Bonchev–Trinajstić information content (AvgIpc) is 3.48. The van der Waals surface area contributed by atoms with Gasteiger partial charge in [-0.1, -0.05) is 166 Å². The van der Waals surface area contributed by atoms with Crippen molar-refractivity contribution in [3.05, 3.63) is 211 Å². The quantitative estimate of drug-likeness (QED) is 0.161. The van der Waals surface area contributed by atoms with Crippen LogP contribution in [0.25, 0.3) is 76.5 Å². The molecule has 0 amide bonds. The minimum absolute atomic E-state index is 0.104. The molecule has 1 nitrogen and oxygen atoms in total. The highest BCUT2D eigenvalue weighted by Gasteiger charge is 2.35. The minimum atomic E-state index is -0.104. The van der Waals surface area contributed by atoms with Crippen molar-refractivity contribution in [2.45, 2.75) is 19.3 Å². The highest BCUT2D eigenvalue weighted by atomic mass is 15.1. The zero-order valence-electron chi connectivity index (χ0n) is 31.5. The fraction of sp³-hybridized carbons (Fsp3) is 0.0545. The smallest absolute Gasteiger partial charge is 0.0467 e. The molecule has 0 saturated heterocycles. The van der Waals surface area contributed by atoms with Gasteiger partial charge < -0.3 is 4.90 Å². The molecule has 264 valence electrons. The van der Waals surface area contributed by atoms with Gasteiger partial charge in [-0.3, -0.25) is 0 Å². The van der Waals surface area contributed by atoms with Gasteiger partial charge in [-0.05, 0) is 136 Å². The van der Waals surface area contributed by atoms with Crippen molar-refractivity contribution in [1.82, 2.24) is 0 Å². The van der Waals surface area contributed by atoms with Gasteiger partial charge in [-0.15, -0.1) is 0 Å². The molecule has 0 atom stereocenters. The molecule has 0 unspecified atom stereocenters. The molecule has 1 heteroatoms. The van der Waals surface area contributed by atoms with Gasteiger partial charge >= 0.3 is 0 Å². The molecule has 56 heavy (non-hydrogen) atoms. The largest absolute Gasteiger partial charge is 0.310 e. The topological polar surface area (TPSA) is 3.24 Å². The van der Waals surface area contributed by atoms with Gasteiger partial charge in [0.15, 0.2) is 0 Å². The Morgan fingerprint density at radius 1 is 0.321 bits per heavy atom. The second-order valence-corrected chi connectivity index (χ2v) is 15.7. The van der Waals surface area contributed by atoms with Crippen LogP contribution in [0, 0.1) is 0 Å². The van der Waals surface area contributed by atoms with Gasteiger partial charge in [0, 0.05) is 22.5 Å². The molecule has 0 radical (unpaired) electrons. The molecule has 10 aromatic rings. The second-order valence-electron chi connectivity index (χ2n) is 15.7. The number of hydrogen-bond acceptors (Lipinski definition) is 1. The van der Waals surface area contributed by atoms with Crippen molar-refractivity contribution in [2.24, 2.45) is 0 Å². The summed E-state index contributed by atoms with van der Waals surface area (Å²) in [6.45, 7) is 4.72. The van der Waals surface area contributed by atoms with E-state index in [4.69, 9.17) is 0 Å². The number of anilines is 3. The van der Waals surface area contributed by atoms with Gasteiger partial charge in [0.05, 0.1) is 0 Å². The maximum atomic E-state index is 2.43. The van der Waals surface area contributed by atoms with Crippen molar-refractivity contribution >= 4 is 60.2 Å². The summed E-state index contributed by atoms with van der Waals surface area (Å²) in [5.74, 6) is 0. The van der Waals surface area contributed by atoms with E-state index in [1.165, 1.54) is 87.6 Å². The first-order valence-corrected chi connectivity index (χ1v) is 19.6. The Hall–Kier alpha value is -6.96. The van der Waals surface area contributed by atoms with Gasteiger partial charge in [0.1, 0.15) is 0 Å². The van der Waals surface area contributed by atoms with Crippen LogP contribution in [0.5, 0.6) is 0 Å². The van der Waals surface area contributed by atoms with E-state index in [1.54, 1.807) is 0 Å². The van der Waals surface area contributed by atoms with Gasteiger partial charge in [0.2, 0.25) is 0 Å². The molecule has 0 N–H and O–H groups in total.